The normalized spacial score (nSPS) is 21.1. The van der Waals surface area contributed by atoms with Crippen LogP contribution in [0.1, 0.15) is 22.0 Å². The van der Waals surface area contributed by atoms with Crippen LogP contribution < -0.4 is 16.3 Å². The molecule has 2 heterocycles. The molecule has 2 aromatic rings. The Kier molecular flexibility index (Phi) is 4.53. The molecule has 112 valence electrons. The van der Waals surface area contributed by atoms with Gasteiger partial charge in [-0.3, -0.25) is 15.2 Å². The third-order valence-electron chi connectivity index (χ3n) is 3.54. The van der Waals surface area contributed by atoms with Crippen LogP contribution in [0.5, 0.6) is 0 Å². The van der Waals surface area contributed by atoms with Gasteiger partial charge in [-0.05, 0) is 17.7 Å². The van der Waals surface area contributed by atoms with E-state index in [2.05, 4.69) is 38.5 Å². The zero-order valence-corrected chi connectivity index (χ0v) is 11.9. The Morgan fingerprint density at radius 3 is 2.91 bits per heavy atom. The van der Waals surface area contributed by atoms with E-state index in [0.29, 0.717) is 5.56 Å². The molecule has 1 amide bonds. The summed E-state index contributed by atoms with van der Waals surface area (Å²) in [5, 5.41) is 4.07. The van der Waals surface area contributed by atoms with E-state index in [1.807, 2.05) is 18.2 Å². The number of benzene rings is 1. The molecule has 2 unspecified atom stereocenters. The zero-order valence-electron chi connectivity index (χ0n) is 11.9. The third kappa shape index (κ3) is 3.36. The van der Waals surface area contributed by atoms with Crippen LogP contribution in [0.4, 0.5) is 0 Å². The van der Waals surface area contributed by atoms with Crippen molar-refractivity contribution >= 4 is 12.1 Å². The zero-order chi connectivity index (χ0) is 15.2. The van der Waals surface area contributed by atoms with Gasteiger partial charge in [0.05, 0.1) is 11.6 Å². The van der Waals surface area contributed by atoms with Gasteiger partial charge in [0.15, 0.2) is 0 Å². The summed E-state index contributed by atoms with van der Waals surface area (Å²) in [5.74, 6) is -0.101. The Hall–Kier alpha value is -2.57. The predicted octanol–water partition coefficient (Wildman–Crippen LogP) is 1.26. The van der Waals surface area contributed by atoms with Crippen molar-refractivity contribution < 1.29 is 4.79 Å². The number of hydrazine groups is 1. The Labute approximate surface area is 128 Å². The molecule has 0 saturated carbocycles. The molecule has 0 aliphatic carbocycles. The number of pyridine rings is 1. The molecule has 1 aromatic carbocycles. The lowest BCUT2D eigenvalue weighted by Gasteiger charge is -2.14. The minimum absolute atomic E-state index is 0.139. The molecule has 3 rings (SSSR count). The number of hydrazone groups is 1. The number of hydrogen-bond acceptors (Lipinski definition) is 5. The smallest absolute Gasteiger partial charge is 0.267 e. The highest BCUT2D eigenvalue weighted by Crippen LogP contribution is 2.22. The van der Waals surface area contributed by atoms with Crippen molar-refractivity contribution in [3.8, 4) is 0 Å². The van der Waals surface area contributed by atoms with E-state index in [1.54, 1.807) is 24.5 Å². The Bertz CT molecular complexity index is 644. The summed E-state index contributed by atoms with van der Waals surface area (Å²) in [6, 6.07) is 13.7. The van der Waals surface area contributed by atoms with Crippen LogP contribution >= 0.6 is 0 Å². The van der Waals surface area contributed by atoms with Gasteiger partial charge in [0.1, 0.15) is 0 Å². The van der Waals surface area contributed by atoms with Gasteiger partial charge in [-0.25, -0.2) is 10.9 Å². The number of nitrogens with one attached hydrogen (secondary N) is 3. The number of hydrogen-bond donors (Lipinski definition) is 3. The van der Waals surface area contributed by atoms with Crippen molar-refractivity contribution in [1.29, 1.82) is 0 Å². The van der Waals surface area contributed by atoms with Crippen molar-refractivity contribution in [3.05, 3.63) is 66.0 Å². The van der Waals surface area contributed by atoms with Crippen LogP contribution in [0, 0.1) is 5.92 Å². The average molecular weight is 295 g/mol. The second kappa shape index (κ2) is 6.93. The van der Waals surface area contributed by atoms with Gasteiger partial charge < -0.3 is 0 Å². The standard InChI is InChI=1S/C16H17N5O/c22-16(13-7-4-8-17-9-13)21-19-11-14-10-18-20-15(14)12-5-2-1-3-6-12/h1-9,11,14-15,18,20H,10H2,(H,21,22)/b19-11+. The molecular formula is C16H17N5O. The minimum Gasteiger partial charge on any atom is -0.267 e. The second-order valence-corrected chi connectivity index (χ2v) is 5.04. The van der Waals surface area contributed by atoms with E-state index in [-0.39, 0.29) is 17.9 Å². The topological polar surface area (TPSA) is 78.4 Å². The Morgan fingerprint density at radius 1 is 1.27 bits per heavy atom. The van der Waals surface area contributed by atoms with E-state index in [1.165, 1.54) is 11.8 Å². The van der Waals surface area contributed by atoms with Crippen LogP contribution in [-0.4, -0.2) is 23.7 Å². The molecule has 1 saturated heterocycles. The largest absolute Gasteiger partial charge is 0.272 e. The van der Waals surface area contributed by atoms with E-state index >= 15 is 0 Å². The molecular weight excluding hydrogens is 278 g/mol. The van der Waals surface area contributed by atoms with E-state index in [9.17, 15) is 4.79 Å². The fraction of sp³-hybridized carbons (Fsp3) is 0.188. The molecule has 0 spiro atoms. The van der Waals surface area contributed by atoms with Gasteiger partial charge in [0.25, 0.3) is 5.91 Å². The highest BCUT2D eigenvalue weighted by Gasteiger charge is 2.26. The van der Waals surface area contributed by atoms with Crippen LogP contribution in [0.15, 0.2) is 60.0 Å². The minimum atomic E-state index is -0.264. The maximum absolute atomic E-state index is 11.9. The second-order valence-electron chi connectivity index (χ2n) is 5.04. The summed E-state index contributed by atoms with van der Waals surface area (Å²) in [6.45, 7) is 0.756. The molecule has 22 heavy (non-hydrogen) atoms. The van der Waals surface area contributed by atoms with Crippen LogP contribution in [0.2, 0.25) is 0 Å². The fourth-order valence-corrected chi connectivity index (χ4v) is 2.39. The third-order valence-corrected chi connectivity index (χ3v) is 3.54. The number of rotatable bonds is 4. The van der Waals surface area contributed by atoms with Gasteiger partial charge >= 0.3 is 0 Å². The molecule has 6 nitrogen and oxygen atoms in total. The first-order chi connectivity index (χ1) is 10.8. The summed E-state index contributed by atoms with van der Waals surface area (Å²) in [4.78, 5) is 15.8. The Morgan fingerprint density at radius 2 is 2.14 bits per heavy atom. The van der Waals surface area contributed by atoms with Crippen molar-refractivity contribution in [2.45, 2.75) is 6.04 Å². The number of carbonyl (C=O) groups is 1. The van der Waals surface area contributed by atoms with Gasteiger partial charge in [0, 0.05) is 31.1 Å². The molecule has 1 fully saturated rings. The maximum atomic E-state index is 11.9. The van der Waals surface area contributed by atoms with Crippen LogP contribution in [0.3, 0.4) is 0 Å². The first-order valence-corrected chi connectivity index (χ1v) is 7.11. The van der Waals surface area contributed by atoms with Crippen molar-refractivity contribution in [3.63, 3.8) is 0 Å². The van der Waals surface area contributed by atoms with Crippen molar-refractivity contribution in [2.24, 2.45) is 11.0 Å². The molecule has 3 N–H and O–H groups in total. The van der Waals surface area contributed by atoms with Crippen molar-refractivity contribution in [2.75, 3.05) is 6.54 Å². The summed E-state index contributed by atoms with van der Waals surface area (Å²) in [5.41, 5.74) is 10.6. The SMILES string of the molecule is O=C(N/N=C/C1CNNC1c1ccccc1)c1cccnc1. The monoisotopic (exact) mass is 295 g/mol. The summed E-state index contributed by atoms with van der Waals surface area (Å²) in [7, 11) is 0. The van der Waals surface area contributed by atoms with E-state index in [4.69, 9.17) is 0 Å². The summed E-state index contributed by atoms with van der Waals surface area (Å²) in [6.07, 6.45) is 4.90. The highest BCUT2D eigenvalue weighted by molar-refractivity contribution is 5.93. The first-order valence-electron chi connectivity index (χ1n) is 7.11. The number of carbonyl (C=O) groups excluding carboxylic acids is 1. The molecule has 0 bridgehead atoms. The molecule has 1 aliphatic rings. The molecule has 6 heteroatoms. The number of nitrogens with zero attached hydrogens (tertiary/aromatic N) is 2. The van der Waals surface area contributed by atoms with Gasteiger partial charge in [0.2, 0.25) is 0 Å². The van der Waals surface area contributed by atoms with Gasteiger partial charge in [-0.2, -0.15) is 5.10 Å². The van der Waals surface area contributed by atoms with E-state index < -0.39 is 0 Å². The first kappa shape index (κ1) is 14.4. The quantitative estimate of drug-likeness (QED) is 0.586. The molecule has 0 radical (unpaired) electrons. The highest BCUT2D eigenvalue weighted by atomic mass is 16.2. The number of aromatic nitrogens is 1. The van der Waals surface area contributed by atoms with Gasteiger partial charge in [-0.15, -0.1) is 0 Å². The lowest BCUT2D eigenvalue weighted by molar-refractivity contribution is 0.0954. The maximum Gasteiger partial charge on any atom is 0.272 e. The lowest BCUT2D eigenvalue weighted by Crippen LogP contribution is -2.25. The fourth-order valence-electron chi connectivity index (χ4n) is 2.39. The summed E-state index contributed by atoms with van der Waals surface area (Å²) < 4.78 is 0. The molecule has 1 aromatic heterocycles. The summed E-state index contributed by atoms with van der Waals surface area (Å²) >= 11 is 0. The lowest BCUT2D eigenvalue weighted by atomic mass is 9.96. The van der Waals surface area contributed by atoms with Crippen molar-refractivity contribution in [1.82, 2.24) is 21.3 Å². The molecule has 1 aliphatic heterocycles. The Balaban J connectivity index is 1.61. The van der Waals surface area contributed by atoms with Gasteiger partial charge in [-0.1, -0.05) is 30.3 Å². The number of amides is 1. The molecule has 2 atom stereocenters. The predicted molar refractivity (Wildman–Crippen MR) is 84.0 cm³/mol. The van der Waals surface area contributed by atoms with E-state index in [0.717, 1.165) is 6.54 Å². The van der Waals surface area contributed by atoms with Crippen LogP contribution in [0.25, 0.3) is 0 Å². The van der Waals surface area contributed by atoms with Crippen LogP contribution in [-0.2, 0) is 0 Å². The average Bonchev–Trinajstić information content (AvgIpc) is 3.05.